The summed E-state index contributed by atoms with van der Waals surface area (Å²) in [5.41, 5.74) is 0.356. The lowest BCUT2D eigenvalue weighted by Crippen LogP contribution is -2.35. The molecule has 20 heavy (non-hydrogen) atoms. The number of alkyl halides is 3. The Morgan fingerprint density at radius 3 is 2.15 bits per heavy atom. The third kappa shape index (κ3) is 4.49. The van der Waals surface area contributed by atoms with Gasteiger partial charge in [-0.25, -0.2) is 8.42 Å². The van der Waals surface area contributed by atoms with Crippen molar-refractivity contribution in [3.8, 4) is 0 Å². The summed E-state index contributed by atoms with van der Waals surface area (Å²) in [5.74, 6) is -1.09. The van der Waals surface area contributed by atoms with Crippen LogP contribution in [0.3, 0.4) is 0 Å². The van der Waals surface area contributed by atoms with E-state index in [2.05, 4.69) is 0 Å². The fourth-order valence-corrected chi connectivity index (χ4v) is 2.63. The number of hydrogen-bond donors (Lipinski definition) is 1. The molecule has 0 aliphatic rings. The minimum Gasteiger partial charge on any atom is -0.481 e. The highest BCUT2D eigenvalue weighted by Gasteiger charge is 2.34. The summed E-state index contributed by atoms with van der Waals surface area (Å²) in [6.07, 6.45) is -4.93. The largest absolute Gasteiger partial charge is 0.481 e. The van der Waals surface area contributed by atoms with Crippen molar-refractivity contribution >= 4 is 16.0 Å². The molecule has 0 radical (unpaired) electrons. The van der Waals surface area contributed by atoms with Crippen molar-refractivity contribution in [2.24, 2.45) is 0 Å². The molecule has 0 aromatic heterocycles. The van der Waals surface area contributed by atoms with Crippen LogP contribution in [0.5, 0.6) is 0 Å². The maximum Gasteiger partial charge on any atom is 0.402 e. The van der Waals surface area contributed by atoms with E-state index in [0.29, 0.717) is 5.56 Å². The van der Waals surface area contributed by atoms with Gasteiger partial charge in [-0.05, 0) is 17.7 Å². The highest BCUT2D eigenvalue weighted by molar-refractivity contribution is 7.89. The second kappa shape index (κ2) is 5.80. The van der Waals surface area contributed by atoms with Crippen molar-refractivity contribution in [1.29, 1.82) is 0 Å². The van der Waals surface area contributed by atoms with Gasteiger partial charge in [0, 0.05) is 7.05 Å². The third-order valence-corrected chi connectivity index (χ3v) is 4.21. The molecular formula is C11H12F3NO4S. The molecule has 1 aromatic carbocycles. The van der Waals surface area contributed by atoms with Crippen LogP contribution in [-0.2, 0) is 21.2 Å². The zero-order valence-electron chi connectivity index (χ0n) is 10.4. The number of halogens is 3. The molecule has 1 rings (SSSR count). The number of benzene rings is 1. The number of carboxylic acids is 1. The van der Waals surface area contributed by atoms with Crippen molar-refractivity contribution in [3.63, 3.8) is 0 Å². The number of rotatable bonds is 5. The summed E-state index contributed by atoms with van der Waals surface area (Å²) in [7, 11) is -3.42. The van der Waals surface area contributed by atoms with Gasteiger partial charge in [0.1, 0.15) is 6.54 Å². The first-order valence-corrected chi connectivity index (χ1v) is 6.80. The van der Waals surface area contributed by atoms with Gasteiger partial charge in [0.25, 0.3) is 0 Å². The lowest BCUT2D eigenvalue weighted by Gasteiger charge is -2.18. The Hall–Kier alpha value is -1.61. The maximum atomic E-state index is 12.2. The Bertz CT molecular complexity index is 581. The van der Waals surface area contributed by atoms with E-state index in [1.165, 1.54) is 12.1 Å². The first-order chi connectivity index (χ1) is 9.02. The quantitative estimate of drug-likeness (QED) is 0.894. The molecule has 0 bridgehead atoms. The molecule has 0 saturated heterocycles. The molecule has 0 spiro atoms. The summed E-state index contributed by atoms with van der Waals surface area (Å²) in [4.78, 5) is 10.1. The Morgan fingerprint density at radius 2 is 1.75 bits per heavy atom. The Morgan fingerprint density at radius 1 is 1.25 bits per heavy atom. The van der Waals surface area contributed by atoms with Crippen LogP contribution in [0.4, 0.5) is 13.2 Å². The van der Waals surface area contributed by atoms with Gasteiger partial charge in [-0.15, -0.1) is 0 Å². The summed E-state index contributed by atoms with van der Waals surface area (Å²) in [6.45, 7) is -1.59. The molecule has 0 unspecified atom stereocenters. The number of carboxylic acid groups (broad SMARTS) is 1. The van der Waals surface area contributed by atoms with Crippen LogP contribution < -0.4 is 0 Å². The van der Waals surface area contributed by atoms with Crippen molar-refractivity contribution in [1.82, 2.24) is 4.31 Å². The van der Waals surface area contributed by atoms with Crippen molar-refractivity contribution in [3.05, 3.63) is 29.8 Å². The van der Waals surface area contributed by atoms with Crippen LogP contribution in [0.25, 0.3) is 0 Å². The van der Waals surface area contributed by atoms with E-state index in [-0.39, 0.29) is 15.6 Å². The number of hydrogen-bond acceptors (Lipinski definition) is 3. The fraction of sp³-hybridized carbons (Fsp3) is 0.364. The SMILES string of the molecule is CN(CC(F)(F)F)S(=O)(=O)c1ccc(CC(=O)O)cc1. The monoisotopic (exact) mass is 311 g/mol. The van der Waals surface area contributed by atoms with Crippen LogP contribution in [0, 0.1) is 0 Å². The first-order valence-electron chi connectivity index (χ1n) is 5.36. The zero-order valence-corrected chi connectivity index (χ0v) is 11.2. The Labute approximate surface area is 113 Å². The van der Waals surface area contributed by atoms with Gasteiger partial charge >= 0.3 is 12.1 Å². The highest BCUT2D eigenvalue weighted by Crippen LogP contribution is 2.21. The molecule has 0 aliphatic carbocycles. The van der Waals surface area contributed by atoms with Gasteiger partial charge < -0.3 is 5.11 Å². The Kier molecular flexibility index (Phi) is 4.77. The van der Waals surface area contributed by atoms with Crippen LogP contribution in [0.15, 0.2) is 29.2 Å². The van der Waals surface area contributed by atoms with Gasteiger partial charge in [0.15, 0.2) is 0 Å². The van der Waals surface area contributed by atoms with Crippen molar-refractivity contribution < 1.29 is 31.5 Å². The predicted octanol–water partition coefficient (Wildman–Crippen LogP) is 1.50. The van der Waals surface area contributed by atoms with Crippen LogP contribution in [-0.4, -0.2) is 43.6 Å². The average molecular weight is 311 g/mol. The lowest BCUT2D eigenvalue weighted by molar-refractivity contribution is -0.136. The number of carbonyl (C=O) groups is 1. The van der Waals surface area contributed by atoms with E-state index in [4.69, 9.17) is 5.11 Å². The second-order valence-electron chi connectivity index (χ2n) is 4.09. The average Bonchev–Trinajstić information content (AvgIpc) is 2.26. The molecule has 0 heterocycles. The van der Waals surface area contributed by atoms with E-state index >= 15 is 0 Å². The minimum atomic E-state index is -4.63. The third-order valence-electron chi connectivity index (χ3n) is 2.39. The molecule has 1 aromatic rings. The van der Waals surface area contributed by atoms with E-state index in [0.717, 1.165) is 19.2 Å². The molecule has 0 fully saturated rings. The van der Waals surface area contributed by atoms with Gasteiger partial charge in [0.2, 0.25) is 10.0 Å². The fourth-order valence-electron chi connectivity index (χ4n) is 1.47. The normalized spacial score (nSPS) is 12.7. The summed E-state index contributed by atoms with van der Waals surface area (Å²) < 4.78 is 60.5. The molecule has 0 amide bonds. The molecular weight excluding hydrogens is 299 g/mol. The number of sulfonamides is 1. The van der Waals surface area contributed by atoms with Gasteiger partial charge in [-0.1, -0.05) is 12.1 Å². The smallest absolute Gasteiger partial charge is 0.402 e. The molecule has 1 N–H and O–H groups in total. The van der Waals surface area contributed by atoms with Gasteiger partial charge in [0.05, 0.1) is 11.3 Å². The van der Waals surface area contributed by atoms with Crippen LogP contribution in [0.1, 0.15) is 5.56 Å². The summed E-state index contributed by atoms with van der Waals surface area (Å²) in [6, 6.07) is 4.67. The zero-order chi connectivity index (χ0) is 15.6. The summed E-state index contributed by atoms with van der Waals surface area (Å²) in [5, 5.41) is 8.56. The van der Waals surface area contributed by atoms with Crippen molar-refractivity contribution in [2.75, 3.05) is 13.6 Å². The maximum absolute atomic E-state index is 12.2. The molecule has 9 heteroatoms. The number of aliphatic carboxylic acids is 1. The second-order valence-corrected chi connectivity index (χ2v) is 6.14. The molecule has 0 atom stereocenters. The van der Waals surface area contributed by atoms with Crippen LogP contribution >= 0.6 is 0 Å². The molecule has 5 nitrogen and oxygen atoms in total. The van der Waals surface area contributed by atoms with Crippen LogP contribution in [0.2, 0.25) is 0 Å². The summed E-state index contributed by atoms with van der Waals surface area (Å²) >= 11 is 0. The molecule has 112 valence electrons. The predicted molar refractivity (Wildman–Crippen MR) is 63.7 cm³/mol. The van der Waals surface area contributed by atoms with E-state index < -0.39 is 28.7 Å². The van der Waals surface area contributed by atoms with Gasteiger partial charge in [-0.2, -0.15) is 17.5 Å². The lowest BCUT2D eigenvalue weighted by atomic mass is 10.2. The van der Waals surface area contributed by atoms with Gasteiger partial charge in [-0.3, -0.25) is 4.79 Å². The van der Waals surface area contributed by atoms with E-state index in [1.807, 2.05) is 0 Å². The van der Waals surface area contributed by atoms with E-state index in [9.17, 15) is 26.4 Å². The molecule has 0 aliphatic heterocycles. The first kappa shape index (κ1) is 16.4. The highest BCUT2D eigenvalue weighted by atomic mass is 32.2. The van der Waals surface area contributed by atoms with E-state index in [1.54, 1.807) is 0 Å². The Balaban J connectivity index is 2.95. The molecule has 0 saturated carbocycles. The standard InChI is InChI=1S/C11H12F3NO4S/c1-15(7-11(12,13)14)20(18,19)9-4-2-8(3-5-9)6-10(16)17/h2-5H,6-7H2,1H3,(H,16,17). The number of nitrogens with zero attached hydrogens (tertiary/aromatic N) is 1. The van der Waals surface area contributed by atoms with Crippen molar-refractivity contribution in [2.45, 2.75) is 17.5 Å². The minimum absolute atomic E-state index is 0.194. The topological polar surface area (TPSA) is 74.7 Å².